The Morgan fingerprint density at radius 2 is 1.86 bits per heavy atom. The molecule has 0 spiro atoms. The van der Waals surface area contributed by atoms with Gasteiger partial charge in [-0.1, -0.05) is 36.8 Å². The van der Waals surface area contributed by atoms with Crippen LogP contribution in [-0.2, 0) is 30.5 Å². The van der Waals surface area contributed by atoms with Crippen LogP contribution in [-0.4, -0.2) is 36.0 Å². The van der Waals surface area contributed by atoms with E-state index in [0.717, 1.165) is 29.4 Å². The molecule has 0 aliphatic rings. The second-order valence-electron chi connectivity index (χ2n) is 7.85. The molecule has 0 saturated carbocycles. The first-order valence-corrected chi connectivity index (χ1v) is 9.76. The third-order valence-electron chi connectivity index (χ3n) is 4.98. The Kier molecular flexibility index (Phi) is 9.24. The third-order valence-corrected chi connectivity index (χ3v) is 4.98. The van der Waals surface area contributed by atoms with E-state index in [2.05, 4.69) is 4.74 Å². The van der Waals surface area contributed by atoms with Crippen molar-refractivity contribution >= 4 is 23.8 Å². The number of aliphatic hydroxyl groups is 1. The summed E-state index contributed by atoms with van der Waals surface area (Å²) < 4.78 is 9.89. The average molecular weight is 405 g/mol. The Morgan fingerprint density at radius 3 is 2.45 bits per heavy atom. The lowest BCUT2D eigenvalue weighted by atomic mass is 9.90. The summed E-state index contributed by atoms with van der Waals surface area (Å²) in [5.41, 5.74) is 3.19. The molecule has 1 unspecified atom stereocenters. The molecule has 1 rings (SSSR count). The second-order valence-corrected chi connectivity index (χ2v) is 7.85. The Hall–Kier alpha value is -2.47. The van der Waals surface area contributed by atoms with E-state index in [4.69, 9.17) is 4.74 Å². The van der Waals surface area contributed by atoms with Crippen molar-refractivity contribution in [3.05, 3.63) is 40.5 Å². The number of esters is 2. The summed E-state index contributed by atoms with van der Waals surface area (Å²) >= 11 is 0. The molecule has 29 heavy (non-hydrogen) atoms. The van der Waals surface area contributed by atoms with Gasteiger partial charge in [0.25, 0.3) is 0 Å². The van der Waals surface area contributed by atoms with Crippen molar-refractivity contribution < 1.29 is 29.0 Å². The number of aryl methyl sites for hydroxylation is 2. The van der Waals surface area contributed by atoms with Gasteiger partial charge >= 0.3 is 11.9 Å². The quantitative estimate of drug-likeness (QED) is 0.473. The molecule has 0 aliphatic carbocycles. The Bertz CT molecular complexity index is 776. The molecule has 6 nitrogen and oxygen atoms in total. The van der Waals surface area contributed by atoms with Crippen molar-refractivity contribution in [2.45, 2.75) is 66.6 Å². The van der Waals surface area contributed by atoms with Crippen molar-refractivity contribution in [2.24, 2.45) is 5.41 Å². The molecular weight excluding hydrogens is 372 g/mol. The molecule has 0 amide bonds. The van der Waals surface area contributed by atoms with Gasteiger partial charge in [-0.15, -0.1) is 0 Å². The summed E-state index contributed by atoms with van der Waals surface area (Å²) in [5.74, 6) is -1.83. The van der Waals surface area contributed by atoms with Crippen LogP contribution in [0.2, 0.25) is 0 Å². The fraction of sp³-hybridized carbons (Fsp3) is 0.522. The predicted octanol–water partition coefficient (Wildman–Crippen LogP) is 3.68. The molecule has 1 atom stereocenters. The highest BCUT2D eigenvalue weighted by atomic mass is 16.5. The molecule has 0 aliphatic heterocycles. The van der Waals surface area contributed by atoms with E-state index in [9.17, 15) is 19.5 Å². The van der Waals surface area contributed by atoms with Crippen LogP contribution in [0, 0.1) is 19.3 Å². The molecular formula is C23H32O6. The van der Waals surface area contributed by atoms with Crippen LogP contribution in [0.4, 0.5) is 0 Å². The molecule has 0 saturated heterocycles. The first-order valence-electron chi connectivity index (χ1n) is 9.76. The molecule has 0 fully saturated rings. The standard InChI is InChI=1S/C23H32O6/c1-7-23(4,5)22(27)29-14-17-13-15(2)12-16(3)19(17)10-8-18(24)9-11-20(25)21(26)28-6/h8,10,12-13,18,24H,7,9,11,14H2,1-6H3/b10-8+. The molecule has 0 aromatic heterocycles. The normalized spacial score (nSPS) is 12.7. The minimum absolute atomic E-state index is 0.0956. The summed E-state index contributed by atoms with van der Waals surface area (Å²) in [6, 6.07) is 3.96. The van der Waals surface area contributed by atoms with E-state index in [0.29, 0.717) is 6.42 Å². The highest BCUT2D eigenvalue weighted by Crippen LogP contribution is 2.25. The van der Waals surface area contributed by atoms with Crippen LogP contribution in [0.25, 0.3) is 6.08 Å². The zero-order valence-electron chi connectivity index (χ0n) is 18.2. The van der Waals surface area contributed by atoms with E-state index in [1.165, 1.54) is 0 Å². The minimum atomic E-state index is -0.908. The molecule has 1 N–H and O–H groups in total. The largest absolute Gasteiger partial charge is 0.463 e. The number of carbonyl (C=O) groups excluding carboxylic acids is 3. The van der Waals surface area contributed by atoms with Gasteiger partial charge in [-0.2, -0.15) is 0 Å². The van der Waals surface area contributed by atoms with Crippen LogP contribution in [0.3, 0.4) is 0 Å². The lowest BCUT2D eigenvalue weighted by Crippen LogP contribution is -2.25. The second kappa shape index (κ2) is 10.9. The van der Waals surface area contributed by atoms with Crippen LogP contribution in [0.5, 0.6) is 0 Å². The Labute approximate surface area is 172 Å². The molecule has 0 bridgehead atoms. The number of carbonyl (C=O) groups is 3. The molecule has 0 heterocycles. The number of aliphatic hydroxyl groups excluding tert-OH is 1. The summed E-state index contributed by atoms with van der Waals surface area (Å²) in [5, 5.41) is 10.1. The maximum atomic E-state index is 12.3. The maximum Gasteiger partial charge on any atom is 0.374 e. The van der Waals surface area contributed by atoms with Gasteiger partial charge in [0.1, 0.15) is 6.61 Å². The van der Waals surface area contributed by atoms with Crippen molar-refractivity contribution in [2.75, 3.05) is 7.11 Å². The van der Waals surface area contributed by atoms with Crippen LogP contribution < -0.4 is 0 Å². The fourth-order valence-corrected chi connectivity index (χ4v) is 2.71. The number of methoxy groups -OCH3 is 1. The van der Waals surface area contributed by atoms with Gasteiger partial charge in [0.2, 0.25) is 5.78 Å². The number of Topliss-reactive ketones (excluding diaryl/α,β-unsaturated/α-hetero) is 1. The molecule has 160 valence electrons. The first-order chi connectivity index (χ1) is 13.5. The molecule has 1 aromatic rings. The Morgan fingerprint density at radius 1 is 1.21 bits per heavy atom. The fourth-order valence-electron chi connectivity index (χ4n) is 2.71. The van der Waals surface area contributed by atoms with E-state index in [1.54, 1.807) is 12.2 Å². The monoisotopic (exact) mass is 404 g/mol. The average Bonchev–Trinajstić information content (AvgIpc) is 2.68. The third kappa shape index (κ3) is 7.46. The summed E-state index contributed by atoms with van der Waals surface area (Å²) in [6.07, 6.45) is 3.15. The number of rotatable bonds is 10. The zero-order valence-corrected chi connectivity index (χ0v) is 18.2. The van der Waals surface area contributed by atoms with E-state index in [1.807, 2.05) is 46.8 Å². The minimum Gasteiger partial charge on any atom is -0.463 e. The molecule has 1 aromatic carbocycles. The summed E-state index contributed by atoms with van der Waals surface area (Å²) in [6.45, 7) is 9.70. The number of ether oxygens (including phenoxy) is 2. The van der Waals surface area contributed by atoms with E-state index < -0.39 is 23.3 Å². The van der Waals surface area contributed by atoms with Crippen LogP contribution in [0.15, 0.2) is 18.2 Å². The number of hydrogen-bond acceptors (Lipinski definition) is 6. The van der Waals surface area contributed by atoms with E-state index >= 15 is 0 Å². The van der Waals surface area contributed by atoms with Crippen LogP contribution in [0.1, 0.15) is 62.3 Å². The lowest BCUT2D eigenvalue weighted by Gasteiger charge is -2.21. The predicted molar refractivity (Wildman–Crippen MR) is 111 cm³/mol. The SMILES string of the molecule is CCC(C)(C)C(=O)OCc1cc(C)cc(C)c1/C=C/C(O)CCC(=O)C(=O)OC. The molecule has 0 radical (unpaired) electrons. The smallest absolute Gasteiger partial charge is 0.374 e. The number of benzene rings is 1. The van der Waals surface area contributed by atoms with Gasteiger partial charge in [0.05, 0.1) is 18.6 Å². The zero-order chi connectivity index (χ0) is 22.2. The van der Waals surface area contributed by atoms with Gasteiger partial charge in [-0.3, -0.25) is 9.59 Å². The molecule has 6 heteroatoms. The van der Waals surface area contributed by atoms with Gasteiger partial charge in [-0.25, -0.2) is 4.79 Å². The first kappa shape index (κ1) is 24.6. The maximum absolute atomic E-state index is 12.3. The van der Waals surface area contributed by atoms with Crippen molar-refractivity contribution in [1.29, 1.82) is 0 Å². The summed E-state index contributed by atoms with van der Waals surface area (Å²) in [7, 11) is 1.15. The Balaban J connectivity index is 2.90. The van der Waals surface area contributed by atoms with Gasteiger partial charge in [0, 0.05) is 6.42 Å². The van der Waals surface area contributed by atoms with Gasteiger partial charge in [0.15, 0.2) is 0 Å². The van der Waals surface area contributed by atoms with Crippen molar-refractivity contribution in [3.63, 3.8) is 0 Å². The van der Waals surface area contributed by atoms with Crippen LogP contribution >= 0.6 is 0 Å². The van der Waals surface area contributed by atoms with Crippen molar-refractivity contribution in [3.8, 4) is 0 Å². The topological polar surface area (TPSA) is 89.9 Å². The highest BCUT2D eigenvalue weighted by molar-refractivity contribution is 6.33. The highest BCUT2D eigenvalue weighted by Gasteiger charge is 2.27. The summed E-state index contributed by atoms with van der Waals surface area (Å²) in [4.78, 5) is 34.9. The van der Waals surface area contributed by atoms with Gasteiger partial charge in [-0.05, 0) is 57.2 Å². The lowest BCUT2D eigenvalue weighted by molar-refractivity contribution is -0.155. The number of hydrogen-bond donors (Lipinski definition) is 1. The van der Waals surface area contributed by atoms with E-state index in [-0.39, 0.29) is 25.4 Å². The van der Waals surface area contributed by atoms with Gasteiger partial charge < -0.3 is 14.6 Å². The van der Waals surface area contributed by atoms with Crippen molar-refractivity contribution in [1.82, 2.24) is 0 Å². The number of ketones is 1.